The van der Waals surface area contributed by atoms with Crippen LogP contribution in [-0.4, -0.2) is 54.5 Å². The molecule has 0 radical (unpaired) electrons. The van der Waals surface area contributed by atoms with E-state index >= 15 is 0 Å². The van der Waals surface area contributed by atoms with Gasteiger partial charge in [0.1, 0.15) is 12.2 Å². The van der Waals surface area contributed by atoms with Gasteiger partial charge in [-0.2, -0.15) is 5.10 Å². The Morgan fingerprint density at radius 3 is 2.70 bits per heavy atom. The third kappa shape index (κ3) is 4.12. The SMILES string of the molecule is COCCNS(=O)(=O)c1cc(C(=O)O)cc(-n2cnc(C)n2)c1. The first-order valence-corrected chi connectivity index (χ1v) is 8.07. The maximum Gasteiger partial charge on any atom is 0.335 e. The Morgan fingerprint density at radius 2 is 2.13 bits per heavy atom. The second-order valence-corrected chi connectivity index (χ2v) is 6.41. The van der Waals surface area contributed by atoms with Crippen LogP contribution in [0.5, 0.6) is 0 Å². The number of aromatic carboxylic acids is 1. The number of carboxylic acid groups (broad SMARTS) is 1. The fraction of sp³-hybridized carbons (Fsp3) is 0.308. The van der Waals surface area contributed by atoms with Gasteiger partial charge in [-0.25, -0.2) is 27.6 Å². The lowest BCUT2D eigenvalue weighted by Crippen LogP contribution is -2.27. The summed E-state index contributed by atoms with van der Waals surface area (Å²) in [5.74, 6) is -0.759. The van der Waals surface area contributed by atoms with Gasteiger partial charge < -0.3 is 9.84 Å². The largest absolute Gasteiger partial charge is 0.478 e. The quantitative estimate of drug-likeness (QED) is 0.690. The van der Waals surface area contributed by atoms with E-state index in [1.165, 1.54) is 30.3 Å². The van der Waals surface area contributed by atoms with Crippen molar-refractivity contribution < 1.29 is 23.1 Å². The molecule has 1 aromatic heterocycles. The van der Waals surface area contributed by atoms with Gasteiger partial charge in [-0.15, -0.1) is 0 Å². The van der Waals surface area contributed by atoms with Crippen LogP contribution in [0.1, 0.15) is 16.2 Å². The van der Waals surface area contributed by atoms with E-state index in [2.05, 4.69) is 14.8 Å². The second-order valence-electron chi connectivity index (χ2n) is 4.65. The van der Waals surface area contributed by atoms with Crippen LogP contribution in [0.4, 0.5) is 0 Å². The number of sulfonamides is 1. The average Bonchev–Trinajstić information content (AvgIpc) is 2.93. The fourth-order valence-electron chi connectivity index (χ4n) is 1.83. The normalized spacial score (nSPS) is 11.6. The summed E-state index contributed by atoms with van der Waals surface area (Å²) in [5.41, 5.74) is 0.125. The first kappa shape index (κ1) is 17.1. The van der Waals surface area contributed by atoms with Crippen LogP contribution in [-0.2, 0) is 14.8 Å². The molecule has 10 heteroatoms. The number of methoxy groups -OCH3 is 1. The van der Waals surface area contributed by atoms with E-state index < -0.39 is 16.0 Å². The van der Waals surface area contributed by atoms with E-state index in [9.17, 15) is 18.3 Å². The smallest absolute Gasteiger partial charge is 0.335 e. The van der Waals surface area contributed by atoms with Gasteiger partial charge >= 0.3 is 5.97 Å². The molecule has 124 valence electrons. The Labute approximate surface area is 133 Å². The van der Waals surface area contributed by atoms with Crippen molar-refractivity contribution >= 4 is 16.0 Å². The molecule has 2 N–H and O–H groups in total. The van der Waals surface area contributed by atoms with Gasteiger partial charge in [0.15, 0.2) is 0 Å². The topological polar surface area (TPSA) is 123 Å². The second kappa shape index (κ2) is 6.86. The Bertz CT molecular complexity index is 816. The Hall–Kier alpha value is -2.30. The molecule has 2 rings (SSSR count). The molecular weight excluding hydrogens is 324 g/mol. The molecule has 0 aliphatic rings. The number of rotatable bonds is 7. The molecule has 0 atom stereocenters. The maximum absolute atomic E-state index is 12.3. The standard InChI is InChI=1S/C13H16N4O5S/c1-9-14-8-17(16-9)11-5-10(13(18)19)6-12(7-11)23(20,21)15-3-4-22-2/h5-8,15H,3-4H2,1-2H3,(H,18,19). The highest BCUT2D eigenvalue weighted by molar-refractivity contribution is 7.89. The zero-order valence-electron chi connectivity index (χ0n) is 12.6. The van der Waals surface area contributed by atoms with Crippen molar-refractivity contribution in [3.05, 3.63) is 35.9 Å². The third-order valence-corrected chi connectivity index (χ3v) is 4.36. The highest BCUT2D eigenvalue weighted by Gasteiger charge is 2.18. The lowest BCUT2D eigenvalue weighted by Gasteiger charge is -2.09. The number of aromatic nitrogens is 3. The summed E-state index contributed by atoms with van der Waals surface area (Å²) in [6.45, 7) is 1.95. The third-order valence-electron chi connectivity index (χ3n) is 2.92. The number of nitrogens with one attached hydrogen (secondary N) is 1. The predicted octanol–water partition coefficient (Wildman–Crippen LogP) is 0.199. The minimum atomic E-state index is -3.87. The number of aryl methyl sites for hydroxylation is 1. The summed E-state index contributed by atoms with van der Waals surface area (Å²) in [7, 11) is -2.42. The van der Waals surface area contributed by atoms with Gasteiger partial charge in [-0.05, 0) is 25.1 Å². The van der Waals surface area contributed by atoms with Gasteiger partial charge in [0.2, 0.25) is 10.0 Å². The van der Waals surface area contributed by atoms with Crippen LogP contribution < -0.4 is 4.72 Å². The monoisotopic (exact) mass is 340 g/mol. The molecule has 0 saturated carbocycles. The van der Waals surface area contributed by atoms with Gasteiger partial charge in [0.25, 0.3) is 0 Å². The molecule has 2 aromatic rings. The molecule has 0 aliphatic heterocycles. The zero-order chi connectivity index (χ0) is 17.0. The van der Waals surface area contributed by atoms with Crippen molar-refractivity contribution in [3.8, 4) is 5.69 Å². The number of carbonyl (C=O) groups is 1. The molecule has 23 heavy (non-hydrogen) atoms. The first-order valence-electron chi connectivity index (χ1n) is 6.59. The van der Waals surface area contributed by atoms with Crippen LogP contribution in [0.2, 0.25) is 0 Å². The molecule has 0 spiro atoms. The molecule has 0 saturated heterocycles. The molecule has 0 fully saturated rings. The predicted molar refractivity (Wildman–Crippen MR) is 80.1 cm³/mol. The summed E-state index contributed by atoms with van der Waals surface area (Å²) in [6.07, 6.45) is 1.38. The van der Waals surface area contributed by atoms with Crippen LogP contribution in [0.3, 0.4) is 0 Å². The van der Waals surface area contributed by atoms with E-state index in [1.54, 1.807) is 6.92 Å². The summed E-state index contributed by atoms with van der Waals surface area (Å²) in [4.78, 5) is 15.0. The molecular formula is C13H16N4O5S. The van der Waals surface area contributed by atoms with Gasteiger partial charge in [0.05, 0.1) is 22.8 Å². The van der Waals surface area contributed by atoms with E-state index in [1.807, 2.05) is 0 Å². The van der Waals surface area contributed by atoms with E-state index in [0.29, 0.717) is 5.82 Å². The number of carboxylic acids is 1. The van der Waals surface area contributed by atoms with Crippen LogP contribution >= 0.6 is 0 Å². The molecule has 0 bridgehead atoms. The molecule has 1 heterocycles. The Morgan fingerprint density at radius 1 is 1.39 bits per heavy atom. The summed E-state index contributed by atoms with van der Waals surface area (Å²) in [5, 5.41) is 13.2. The number of hydrogen-bond donors (Lipinski definition) is 2. The number of benzene rings is 1. The Kier molecular flexibility index (Phi) is 5.08. The van der Waals surface area contributed by atoms with Crippen LogP contribution in [0, 0.1) is 6.92 Å². The minimum absolute atomic E-state index is 0.0773. The summed E-state index contributed by atoms with van der Waals surface area (Å²) < 4.78 is 33.0. The van der Waals surface area contributed by atoms with Crippen LogP contribution in [0.15, 0.2) is 29.4 Å². The van der Waals surface area contributed by atoms with Crippen molar-refractivity contribution in [3.63, 3.8) is 0 Å². The van der Waals surface area contributed by atoms with Crippen molar-refractivity contribution in [2.24, 2.45) is 0 Å². The minimum Gasteiger partial charge on any atom is -0.478 e. The fourth-order valence-corrected chi connectivity index (χ4v) is 2.90. The highest BCUT2D eigenvalue weighted by Crippen LogP contribution is 2.18. The van der Waals surface area contributed by atoms with E-state index in [-0.39, 0.29) is 29.3 Å². The van der Waals surface area contributed by atoms with E-state index in [4.69, 9.17) is 4.74 Å². The zero-order valence-corrected chi connectivity index (χ0v) is 13.4. The summed E-state index contributed by atoms with van der Waals surface area (Å²) >= 11 is 0. The van der Waals surface area contributed by atoms with Gasteiger partial charge in [0, 0.05) is 13.7 Å². The van der Waals surface area contributed by atoms with Crippen molar-refractivity contribution in [2.75, 3.05) is 20.3 Å². The lowest BCUT2D eigenvalue weighted by atomic mass is 10.2. The molecule has 1 aromatic carbocycles. The van der Waals surface area contributed by atoms with Crippen LogP contribution in [0.25, 0.3) is 5.69 Å². The van der Waals surface area contributed by atoms with Gasteiger partial charge in [-0.3, -0.25) is 0 Å². The Balaban J connectivity index is 2.47. The molecule has 9 nitrogen and oxygen atoms in total. The van der Waals surface area contributed by atoms with Crippen molar-refractivity contribution in [1.82, 2.24) is 19.5 Å². The maximum atomic E-state index is 12.3. The molecule has 0 amide bonds. The van der Waals surface area contributed by atoms with Crippen molar-refractivity contribution in [1.29, 1.82) is 0 Å². The number of hydrogen-bond acceptors (Lipinski definition) is 6. The lowest BCUT2D eigenvalue weighted by molar-refractivity contribution is 0.0696. The average molecular weight is 340 g/mol. The number of ether oxygens (including phenoxy) is 1. The highest BCUT2D eigenvalue weighted by atomic mass is 32.2. The summed E-state index contributed by atoms with van der Waals surface area (Å²) in [6, 6.07) is 3.74. The molecule has 0 aliphatic carbocycles. The number of nitrogens with zero attached hydrogens (tertiary/aromatic N) is 3. The van der Waals surface area contributed by atoms with E-state index in [0.717, 1.165) is 6.07 Å². The van der Waals surface area contributed by atoms with Gasteiger partial charge in [-0.1, -0.05) is 0 Å². The van der Waals surface area contributed by atoms with Crippen molar-refractivity contribution in [2.45, 2.75) is 11.8 Å². The molecule has 0 unspecified atom stereocenters. The first-order chi connectivity index (χ1) is 10.8.